The fourth-order valence-electron chi connectivity index (χ4n) is 1.88. The van der Waals surface area contributed by atoms with E-state index in [1.807, 2.05) is 6.92 Å². The highest BCUT2D eigenvalue weighted by Crippen LogP contribution is 2.37. The Kier molecular flexibility index (Phi) is 5.20. The predicted octanol–water partition coefficient (Wildman–Crippen LogP) is 2.87. The van der Waals surface area contributed by atoms with Gasteiger partial charge in [-0.05, 0) is 24.1 Å². The minimum absolute atomic E-state index is 0.105. The van der Waals surface area contributed by atoms with Crippen molar-refractivity contribution in [2.45, 2.75) is 38.1 Å². The van der Waals surface area contributed by atoms with Crippen molar-refractivity contribution in [3.05, 3.63) is 29.3 Å². The molecule has 0 aliphatic heterocycles. The van der Waals surface area contributed by atoms with Crippen LogP contribution in [0.5, 0.6) is 5.75 Å². The topological polar surface area (TPSA) is 55.5 Å². The van der Waals surface area contributed by atoms with Crippen LogP contribution in [-0.2, 0) is 6.18 Å². The summed E-state index contributed by atoms with van der Waals surface area (Å²) in [4.78, 5) is 0. The van der Waals surface area contributed by atoms with Crippen molar-refractivity contribution in [1.82, 2.24) is 0 Å². The lowest BCUT2D eigenvalue weighted by molar-refractivity contribution is -0.138. The van der Waals surface area contributed by atoms with Crippen LogP contribution in [0.2, 0.25) is 0 Å². The van der Waals surface area contributed by atoms with Crippen LogP contribution in [0.15, 0.2) is 18.2 Å². The molecule has 0 saturated carbocycles. The van der Waals surface area contributed by atoms with E-state index in [0.717, 1.165) is 6.07 Å². The molecule has 0 bridgehead atoms. The standard InChI is InChI=1S/C13H18F3NO2/c1-3-4-11(18)12(17)9-6-5-8(19-2)7-10(9)13(14,15)16/h5-7,11-12,18H,3-4,17H2,1-2H3/t11-,12+/m0/s1. The molecule has 0 fully saturated rings. The Hall–Kier alpha value is -1.27. The minimum atomic E-state index is -4.53. The number of aliphatic hydroxyl groups excluding tert-OH is 1. The van der Waals surface area contributed by atoms with E-state index >= 15 is 0 Å². The van der Waals surface area contributed by atoms with E-state index in [1.165, 1.54) is 19.2 Å². The van der Waals surface area contributed by atoms with Crippen molar-refractivity contribution >= 4 is 0 Å². The van der Waals surface area contributed by atoms with E-state index in [2.05, 4.69) is 0 Å². The molecule has 0 aliphatic carbocycles. The van der Waals surface area contributed by atoms with Gasteiger partial charge in [0.25, 0.3) is 0 Å². The molecule has 0 spiro atoms. The Balaban J connectivity index is 3.19. The number of ether oxygens (including phenoxy) is 1. The summed E-state index contributed by atoms with van der Waals surface area (Å²) in [7, 11) is 1.29. The third-order valence-corrected chi connectivity index (χ3v) is 2.92. The molecule has 0 aliphatic rings. The van der Waals surface area contributed by atoms with Gasteiger partial charge in [0.15, 0.2) is 0 Å². The van der Waals surface area contributed by atoms with Crippen molar-refractivity contribution in [3.63, 3.8) is 0 Å². The van der Waals surface area contributed by atoms with E-state index in [4.69, 9.17) is 10.5 Å². The smallest absolute Gasteiger partial charge is 0.416 e. The maximum Gasteiger partial charge on any atom is 0.416 e. The maximum absolute atomic E-state index is 13.0. The summed E-state index contributed by atoms with van der Waals surface area (Å²) in [5.74, 6) is 0.105. The second kappa shape index (κ2) is 6.25. The van der Waals surface area contributed by atoms with Crippen molar-refractivity contribution in [2.24, 2.45) is 5.73 Å². The molecule has 19 heavy (non-hydrogen) atoms. The van der Waals surface area contributed by atoms with Crippen LogP contribution in [0.25, 0.3) is 0 Å². The van der Waals surface area contributed by atoms with E-state index in [-0.39, 0.29) is 11.3 Å². The fourth-order valence-corrected chi connectivity index (χ4v) is 1.88. The summed E-state index contributed by atoms with van der Waals surface area (Å²) in [6, 6.07) is 2.49. The summed E-state index contributed by atoms with van der Waals surface area (Å²) in [6.07, 6.45) is -4.54. The van der Waals surface area contributed by atoms with Crippen LogP contribution in [0.3, 0.4) is 0 Å². The average Bonchev–Trinajstić information content (AvgIpc) is 2.36. The van der Waals surface area contributed by atoms with Crippen LogP contribution in [-0.4, -0.2) is 18.3 Å². The molecule has 0 unspecified atom stereocenters. The lowest BCUT2D eigenvalue weighted by Crippen LogP contribution is -2.28. The number of hydrogen-bond donors (Lipinski definition) is 2. The third-order valence-electron chi connectivity index (χ3n) is 2.92. The molecule has 1 aromatic carbocycles. The van der Waals surface area contributed by atoms with Crippen LogP contribution in [0.4, 0.5) is 13.2 Å². The highest BCUT2D eigenvalue weighted by molar-refractivity contribution is 5.39. The number of hydrogen-bond acceptors (Lipinski definition) is 3. The van der Waals surface area contributed by atoms with Gasteiger partial charge in [0.05, 0.1) is 24.8 Å². The first-order valence-corrected chi connectivity index (χ1v) is 6.00. The average molecular weight is 277 g/mol. The predicted molar refractivity (Wildman–Crippen MR) is 65.8 cm³/mol. The Morgan fingerprint density at radius 2 is 2.00 bits per heavy atom. The second-order valence-electron chi connectivity index (χ2n) is 4.33. The van der Waals surface area contributed by atoms with Gasteiger partial charge in [-0.3, -0.25) is 0 Å². The largest absolute Gasteiger partial charge is 0.497 e. The van der Waals surface area contributed by atoms with Crippen molar-refractivity contribution in [3.8, 4) is 5.75 Å². The van der Waals surface area contributed by atoms with Crippen molar-refractivity contribution in [1.29, 1.82) is 0 Å². The Morgan fingerprint density at radius 3 is 2.47 bits per heavy atom. The van der Waals surface area contributed by atoms with Gasteiger partial charge in [-0.2, -0.15) is 13.2 Å². The first kappa shape index (κ1) is 15.8. The van der Waals surface area contributed by atoms with Gasteiger partial charge in [0.2, 0.25) is 0 Å². The van der Waals surface area contributed by atoms with E-state index in [1.54, 1.807) is 0 Å². The first-order chi connectivity index (χ1) is 8.81. The van der Waals surface area contributed by atoms with Gasteiger partial charge >= 0.3 is 6.18 Å². The van der Waals surface area contributed by atoms with E-state index in [9.17, 15) is 18.3 Å². The van der Waals surface area contributed by atoms with Gasteiger partial charge in [-0.15, -0.1) is 0 Å². The monoisotopic (exact) mass is 277 g/mol. The molecule has 0 amide bonds. The zero-order valence-corrected chi connectivity index (χ0v) is 10.9. The second-order valence-corrected chi connectivity index (χ2v) is 4.33. The van der Waals surface area contributed by atoms with Gasteiger partial charge < -0.3 is 15.6 Å². The quantitative estimate of drug-likeness (QED) is 0.870. The molecular weight excluding hydrogens is 259 g/mol. The summed E-state index contributed by atoms with van der Waals surface area (Å²) in [6.45, 7) is 1.83. The van der Waals surface area contributed by atoms with Crippen LogP contribution in [0.1, 0.15) is 36.9 Å². The van der Waals surface area contributed by atoms with E-state index in [0.29, 0.717) is 12.8 Å². The Bertz CT molecular complexity index is 421. The summed E-state index contributed by atoms with van der Waals surface area (Å²) < 4.78 is 43.7. The first-order valence-electron chi connectivity index (χ1n) is 6.00. The highest BCUT2D eigenvalue weighted by Gasteiger charge is 2.36. The summed E-state index contributed by atoms with van der Waals surface area (Å²) >= 11 is 0. The number of alkyl halides is 3. The summed E-state index contributed by atoms with van der Waals surface area (Å²) in [5.41, 5.74) is 4.74. The van der Waals surface area contributed by atoms with Gasteiger partial charge in [0.1, 0.15) is 5.75 Å². The summed E-state index contributed by atoms with van der Waals surface area (Å²) in [5, 5.41) is 9.76. The number of halogens is 3. The molecule has 1 rings (SSSR count). The molecule has 0 saturated heterocycles. The van der Waals surface area contributed by atoms with Crippen LogP contribution >= 0.6 is 0 Å². The van der Waals surface area contributed by atoms with Gasteiger partial charge in [0, 0.05) is 0 Å². The molecule has 2 atom stereocenters. The molecule has 0 aromatic heterocycles. The molecule has 0 radical (unpaired) electrons. The number of aliphatic hydroxyl groups is 1. The molecule has 0 heterocycles. The molecule has 3 N–H and O–H groups in total. The lowest BCUT2D eigenvalue weighted by atomic mass is 9.94. The molecular formula is C13H18F3NO2. The molecule has 3 nitrogen and oxygen atoms in total. The zero-order valence-electron chi connectivity index (χ0n) is 10.9. The number of rotatable bonds is 5. The molecule has 6 heteroatoms. The Labute approximate surface area is 110 Å². The highest BCUT2D eigenvalue weighted by atomic mass is 19.4. The van der Waals surface area contributed by atoms with Crippen LogP contribution < -0.4 is 10.5 Å². The van der Waals surface area contributed by atoms with Gasteiger partial charge in [-0.1, -0.05) is 19.4 Å². The molecule has 1 aromatic rings. The normalized spacial score (nSPS) is 15.1. The fraction of sp³-hybridized carbons (Fsp3) is 0.538. The maximum atomic E-state index is 13.0. The molecule has 108 valence electrons. The van der Waals surface area contributed by atoms with Crippen LogP contribution in [0, 0.1) is 0 Å². The minimum Gasteiger partial charge on any atom is -0.497 e. The number of benzene rings is 1. The number of methoxy groups -OCH3 is 1. The van der Waals surface area contributed by atoms with E-state index < -0.39 is 23.9 Å². The Morgan fingerprint density at radius 1 is 1.37 bits per heavy atom. The van der Waals surface area contributed by atoms with Crippen molar-refractivity contribution in [2.75, 3.05) is 7.11 Å². The zero-order chi connectivity index (χ0) is 14.6. The SMILES string of the molecule is CCC[C@H](O)[C@H](N)c1ccc(OC)cc1C(F)(F)F. The van der Waals surface area contributed by atoms with Crippen molar-refractivity contribution < 1.29 is 23.0 Å². The van der Waals surface area contributed by atoms with Gasteiger partial charge in [-0.25, -0.2) is 0 Å². The lowest BCUT2D eigenvalue weighted by Gasteiger charge is -2.23. The third kappa shape index (κ3) is 3.84. The number of nitrogens with two attached hydrogens (primary N) is 1.